The van der Waals surface area contributed by atoms with Crippen LogP contribution < -0.4 is 5.32 Å². The minimum atomic E-state index is -0.113. The molecule has 4 nitrogen and oxygen atoms in total. The number of rotatable bonds is 3. The van der Waals surface area contributed by atoms with Gasteiger partial charge in [-0.3, -0.25) is 14.5 Å². The van der Waals surface area contributed by atoms with Gasteiger partial charge in [0.2, 0.25) is 5.91 Å². The standard InChI is InChI=1S/C15H26N2O2/c1-11-10-17(9-8-14(11)18)12(2)15(19)16-13-6-4-3-5-7-13/h11-13H,3-10H2,1-2H3,(H,16,19). The monoisotopic (exact) mass is 266 g/mol. The number of piperidine rings is 1. The Bertz CT molecular complexity index is 337. The van der Waals surface area contributed by atoms with E-state index in [0.29, 0.717) is 18.2 Å². The van der Waals surface area contributed by atoms with Crippen LogP contribution in [0.5, 0.6) is 0 Å². The molecule has 1 heterocycles. The number of likely N-dealkylation sites (tertiary alicyclic amines) is 1. The van der Waals surface area contributed by atoms with E-state index >= 15 is 0 Å². The minimum Gasteiger partial charge on any atom is -0.352 e. The van der Waals surface area contributed by atoms with Gasteiger partial charge in [-0.05, 0) is 19.8 Å². The summed E-state index contributed by atoms with van der Waals surface area (Å²) in [4.78, 5) is 25.9. The van der Waals surface area contributed by atoms with Crippen molar-refractivity contribution in [3.8, 4) is 0 Å². The third-order valence-corrected chi connectivity index (χ3v) is 4.58. The Balaban J connectivity index is 1.82. The third-order valence-electron chi connectivity index (χ3n) is 4.58. The first kappa shape index (κ1) is 14.5. The molecule has 0 aromatic rings. The summed E-state index contributed by atoms with van der Waals surface area (Å²) in [7, 11) is 0. The summed E-state index contributed by atoms with van der Waals surface area (Å²) in [6.45, 7) is 5.36. The number of Topliss-reactive ketones (excluding diaryl/α,β-unsaturated/α-hetero) is 1. The summed E-state index contributed by atoms with van der Waals surface area (Å²) in [6.07, 6.45) is 6.58. The Morgan fingerprint density at radius 1 is 1.32 bits per heavy atom. The van der Waals surface area contributed by atoms with Crippen LogP contribution in [0.3, 0.4) is 0 Å². The second-order valence-electron chi connectivity index (χ2n) is 6.13. The highest BCUT2D eigenvalue weighted by molar-refractivity contribution is 5.84. The molecule has 2 rings (SSSR count). The lowest BCUT2D eigenvalue weighted by Crippen LogP contribution is -2.52. The molecule has 0 aromatic heterocycles. The van der Waals surface area contributed by atoms with Crippen LogP contribution in [0.15, 0.2) is 0 Å². The van der Waals surface area contributed by atoms with Crippen molar-refractivity contribution in [3.05, 3.63) is 0 Å². The molecule has 0 aromatic carbocycles. The van der Waals surface area contributed by atoms with Crippen LogP contribution in [0, 0.1) is 5.92 Å². The summed E-state index contributed by atoms with van der Waals surface area (Å²) in [5.74, 6) is 0.531. The molecule has 4 heteroatoms. The smallest absolute Gasteiger partial charge is 0.237 e. The Labute approximate surface area is 115 Å². The van der Waals surface area contributed by atoms with E-state index in [1.807, 2.05) is 13.8 Å². The number of hydrogen-bond acceptors (Lipinski definition) is 3. The normalized spacial score (nSPS) is 28.1. The molecule has 0 spiro atoms. The largest absolute Gasteiger partial charge is 0.352 e. The average Bonchev–Trinajstić information content (AvgIpc) is 2.42. The van der Waals surface area contributed by atoms with Gasteiger partial charge in [-0.15, -0.1) is 0 Å². The number of carbonyl (C=O) groups excluding carboxylic acids is 2. The number of nitrogens with zero attached hydrogens (tertiary/aromatic N) is 1. The second-order valence-corrected chi connectivity index (χ2v) is 6.13. The van der Waals surface area contributed by atoms with Crippen LogP contribution in [-0.2, 0) is 9.59 Å². The van der Waals surface area contributed by atoms with Gasteiger partial charge in [-0.25, -0.2) is 0 Å². The molecule has 0 bridgehead atoms. The zero-order chi connectivity index (χ0) is 13.8. The molecule has 2 fully saturated rings. The number of ketones is 1. The van der Waals surface area contributed by atoms with Gasteiger partial charge in [0.25, 0.3) is 0 Å². The second kappa shape index (κ2) is 6.51. The van der Waals surface area contributed by atoms with Crippen LogP contribution >= 0.6 is 0 Å². The average molecular weight is 266 g/mol. The predicted molar refractivity (Wildman–Crippen MR) is 74.8 cm³/mol. The van der Waals surface area contributed by atoms with Gasteiger partial charge in [0.15, 0.2) is 0 Å². The first-order chi connectivity index (χ1) is 9.08. The zero-order valence-corrected chi connectivity index (χ0v) is 12.2. The molecule has 0 radical (unpaired) electrons. The third kappa shape index (κ3) is 3.78. The van der Waals surface area contributed by atoms with Gasteiger partial charge >= 0.3 is 0 Å². The highest BCUT2D eigenvalue weighted by Crippen LogP contribution is 2.19. The lowest BCUT2D eigenvalue weighted by atomic mass is 9.94. The van der Waals surface area contributed by atoms with Crippen LogP contribution in [0.2, 0.25) is 0 Å². The summed E-state index contributed by atoms with van der Waals surface area (Å²) >= 11 is 0. The van der Waals surface area contributed by atoms with Crippen LogP contribution in [0.25, 0.3) is 0 Å². The SMILES string of the molecule is CC1CN(C(C)C(=O)NC2CCCCC2)CCC1=O. The lowest BCUT2D eigenvalue weighted by molar-refractivity contribution is -0.132. The van der Waals surface area contributed by atoms with Gasteiger partial charge in [-0.2, -0.15) is 0 Å². The fourth-order valence-corrected chi connectivity index (χ4v) is 3.13. The van der Waals surface area contributed by atoms with Gasteiger partial charge in [0, 0.05) is 31.5 Å². The van der Waals surface area contributed by atoms with E-state index in [9.17, 15) is 9.59 Å². The Morgan fingerprint density at radius 3 is 2.63 bits per heavy atom. The molecule has 19 heavy (non-hydrogen) atoms. The molecule has 2 aliphatic rings. The molecule has 1 amide bonds. The molecule has 2 atom stereocenters. The first-order valence-corrected chi connectivity index (χ1v) is 7.65. The van der Waals surface area contributed by atoms with Crippen molar-refractivity contribution < 1.29 is 9.59 Å². The van der Waals surface area contributed by atoms with E-state index in [4.69, 9.17) is 0 Å². The summed E-state index contributed by atoms with van der Waals surface area (Å²) in [5.41, 5.74) is 0. The fourth-order valence-electron chi connectivity index (χ4n) is 3.13. The maximum Gasteiger partial charge on any atom is 0.237 e. The number of hydrogen-bond donors (Lipinski definition) is 1. The lowest BCUT2D eigenvalue weighted by Gasteiger charge is -2.35. The van der Waals surface area contributed by atoms with Crippen molar-refractivity contribution in [3.63, 3.8) is 0 Å². The maximum atomic E-state index is 12.3. The van der Waals surface area contributed by atoms with Gasteiger partial charge in [0.1, 0.15) is 5.78 Å². The van der Waals surface area contributed by atoms with Crippen molar-refractivity contribution in [1.82, 2.24) is 10.2 Å². The molecular weight excluding hydrogens is 240 g/mol. The maximum absolute atomic E-state index is 12.3. The zero-order valence-electron chi connectivity index (χ0n) is 12.2. The molecule has 1 N–H and O–H groups in total. The van der Waals surface area contributed by atoms with Crippen molar-refractivity contribution in [2.75, 3.05) is 13.1 Å². The van der Waals surface area contributed by atoms with Crippen LogP contribution in [0.4, 0.5) is 0 Å². The van der Waals surface area contributed by atoms with Crippen molar-refractivity contribution in [1.29, 1.82) is 0 Å². The van der Waals surface area contributed by atoms with E-state index in [-0.39, 0.29) is 17.9 Å². The van der Waals surface area contributed by atoms with Gasteiger partial charge in [0.05, 0.1) is 6.04 Å². The number of carbonyl (C=O) groups is 2. The van der Waals surface area contributed by atoms with Crippen LogP contribution in [0.1, 0.15) is 52.4 Å². The Hall–Kier alpha value is -0.900. The quantitative estimate of drug-likeness (QED) is 0.846. The molecule has 1 aliphatic carbocycles. The molecular formula is C15H26N2O2. The highest BCUT2D eigenvalue weighted by Gasteiger charge is 2.30. The number of amides is 1. The van der Waals surface area contributed by atoms with Crippen molar-refractivity contribution in [2.24, 2.45) is 5.92 Å². The Kier molecular flexibility index (Phi) is 4.97. The molecule has 108 valence electrons. The van der Waals surface area contributed by atoms with E-state index in [1.165, 1.54) is 19.3 Å². The summed E-state index contributed by atoms with van der Waals surface area (Å²) in [5, 5.41) is 3.18. The molecule has 1 saturated carbocycles. The first-order valence-electron chi connectivity index (χ1n) is 7.65. The minimum absolute atomic E-state index is 0.0682. The van der Waals surface area contributed by atoms with Crippen molar-refractivity contribution in [2.45, 2.75) is 64.5 Å². The van der Waals surface area contributed by atoms with Crippen LogP contribution in [-0.4, -0.2) is 41.8 Å². The van der Waals surface area contributed by atoms with E-state index < -0.39 is 0 Å². The van der Waals surface area contributed by atoms with E-state index in [0.717, 1.165) is 25.9 Å². The van der Waals surface area contributed by atoms with Gasteiger partial charge < -0.3 is 5.32 Å². The fraction of sp³-hybridized carbons (Fsp3) is 0.867. The van der Waals surface area contributed by atoms with E-state index in [1.54, 1.807) is 0 Å². The highest BCUT2D eigenvalue weighted by atomic mass is 16.2. The molecule has 1 saturated heterocycles. The predicted octanol–water partition coefficient (Wildman–Crippen LogP) is 1.73. The van der Waals surface area contributed by atoms with Crippen molar-refractivity contribution >= 4 is 11.7 Å². The number of nitrogens with one attached hydrogen (secondary N) is 1. The topological polar surface area (TPSA) is 49.4 Å². The molecule has 1 aliphatic heterocycles. The summed E-state index contributed by atoms with van der Waals surface area (Å²) in [6, 6.07) is 0.255. The molecule has 2 unspecified atom stereocenters. The van der Waals surface area contributed by atoms with E-state index in [2.05, 4.69) is 10.2 Å². The van der Waals surface area contributed by atoms with Gasteiger partial charge in [-0.1, -0.05) is 26.2 Å². The Morgan fingerprint density at radius 2 is 2.00 bits per heavy atom. The summed E-state index contributed by atoms with van der Waals surface area (Å²) < 4.78 is 0.